The van der Waals surface area contributed by atoms with Crippen molar-refractivity contribution < 1.29 is 4.79 Å². The predicted octanol–water partition coefficient (Wildman–Crippen LogP) is 3.57. The van der Waals surface area contributed by atoms with E-state index in [1.807, 2.05) is 18.7 Å². The summed E-state index contributed by atoms with van der Waals surface area (Å²) in [6.45, 7) is 2.72. The Labute approximate surface area is 135 Å². The first-order valence-corrected chi connectivity index (χ1v) is 9.04. The van der Waals surface area contributed by atoms with Crippen molar-refractivity contribution in [3.8, 4) is 0 Å². The monoisotopic (exact) mass is 327 g/mol. The maximum atomic E-state index is 12.3. The molecular formula is C15H22ClN3OS. The molecule has 1 aliphatic rings. The van der Waals surface area contributed by atoms with Gasteiger partial charge in [0.05, 0.1) is 0 Å². The molecule has 2 rings (SSSR count). The van der Waals surface area contributed by atoms with Gasteiger partial charge in [-0.05, 0) is 51.0 Å². The zero-order valence-electron chi connectivity index (χ0n) is 12.5. The topological polar surface area (TPSA) is 54.0 Å². The third-order valence-electron chi connectivity index (χ3n) is 3.76. The highest BCUT2D eigenvalue weighted by Crippen LogP contribution is 2.27. The second kappa shape index (κ2) is 7.90. The van der Waals surface area contributed by atoms with Crippen molar-refractivity contribution in [3.05, 3.63) is 22.8 Å². The number of thioether (sulfide) groups is 1. The minimum absolute atomic E-state index is 0.0638. The SMILES string of the molecule is CCNc1cc(C(=O)NC2CCC(SC)CC2)cc(Cl)n1. The fraction of sp³-hybridized carbons (Fsp3) is 0.600. The second-order valence-corrected chi connectivity index (χ2v) is 6.80. The smallest absolute Gasteiger partial charge is 0.251 e. The first kappa shape index (κ1) is 16.4. The van der Waals surface area contributed by atoms with Gasteiger partial charge in [-0.15, -0.1) is 0 Å². The van der Waals surface area contributed by atoms with Gasteiger partial charge in [0.25, 0.3) is 5.91 Å². The number of anilines is 1. The van der Waals surface area contributed by atoms with E-state index >= 15 is 0 Å². The summed E-state index contributed by atoms with van der Waals surface area (Å²) < 4.78 is 0. The van der Waals surface area contributed by atoms with Crippen LogP contribution in [0, 0.1) is 0 Å². The lowest BCUT2D eigenvalue weighted by Crippen LogP contribution is -2.38. The van der Waals surface area contributed by atoms with Crippen molar-refractivity contribution in [3.63, 3.8) is 0 Å². The van der Waals surface area contributed by atoms with Crippen molar-refractivity contribution in [1.82, 2.24) is 10.3 Å². The molecular weight excluding hydrogens is 306 g/mol. The highest BCUT2D eigenvalue weighted by Gasteiger charge is 2.22. The molecule has 1 aromatic heterocycles. The van der Waals surface area contributed by atoms with E-state index in [0.29, 0.717) is 16.5 Å². The van der Waals surface area contributed by atoms with E-state index in [0.717, 1.165) is 24.6 Å². The number of rotatable bonds is 5. The quantitative estimate of drug-likeness (QED) is 0.812. The van der Waals surface area contributed by atoms with Gasteiger partial charge in [0.2, 0.25) is 0 Å². The summed E-state index contributed by atoms with van der Waals surface area (Å²) in [4.78, 5) is 16.5. The Morgan fingerprint density at radius 1 is 1.38 bits per heavy atom. The van der Waals surface area contributed by atoms with Crippen LogP contribution in [0.15, 0.2) is 12.1 Å². The molecule has 4 nitrogen and oxygen atoms in total. The Morgan fingerprint density at radius 2 is 2.10 bits per heavy atom. The molecule has 1 fully saturated rings. The summed E-state index contributed by atoms with van der Waals surface area (Å²) in [5.41, 5.74) is 0.568. The summed E-state index contributed by atoms with van der Waals surface area (Å²) in [5, 5.41) is 7.28. The van der Waals surface area contributed by atoms with Gasteiger partial charge in [-0.25, -0.2) is 4.98 Å². The molecule has 21 heavy (non-hydrogen) atoms. The Hall–Kier alpha value is -0.940. The largest absolute Gasteiger partial charge is 0.370 e. The molecule has 0 bridgehead atoms. The van der Waals surface area contributed by atoms with Gasteiger partial charge in [-0.2, -0.15) is 11.8 Å². The van der Waals surface area contributed by atoms with Crippen molar-refractivity contribution >= 4 is 35.1 Å². The molecule has 0 unspecified atom stereocenters. The molecule has 1 aliphatic carbocycles. The van der Waals surface area contributed by atoms with Gasteiger partial charge in [0.15, 0.2) is 0 Å². The Kier molecular flexibility index (Phi) is 6.18. The molecule has 1 heterocycles. The van der Waals surface area contributed by atoms with Crippen LogP contribution in [-0.2, 0) is 0 Å². The van der Waals surface area contributed by atoms with Gasteiger partial charge < -0.3 is 10.6 Å². The van der Waals surface area contributed by atoms with E-state index in [2.05, 4.69) is 21.9 Å². The van der Waals surface area contributed by atoms with E-state index in [1.54, 1.807) is 12.1 Å². The highest BCUT2D eigenvalue weighted by atomic mass is 35.5. The number of nitrogens with one attached hydrogen (secondary N) is 2. The molecule has 0 atom stereocenters. The van der Waals surface area contributed by atoms with Crippen LogP contribution in [-0.4, -0.2) is 35.0 Å². The molecule has 116 valence electrons. The predicted molar refractivity (Wildman–Crippen MR) is 90.4 cm³/mol. The average Bonchev–Trinajstić information content (AvgIpc) is 2.48. The lowest BCUT2D eigenvalue weighted by Gasteiger charge is -2.28. The standard InChI is InChI=1S/C15H22ClN3OS/c1-3-17-14-9-10(8-13(16)19-14)15(20)18-11-4-6-12(21-2)7-5-11/h8-9,11-12H,3-7H2,1-2H3,(H,17,19)(H,18,20). The molecule has 1 aromatic rings. The molecule has 2 N–H and O–H groups in total. The van der Waals surface area contributed by atoms with Crippen LogP contribution in [0.25, 0.3) is 0 Å². The molecule has 0 saturated heterocycles. The van der Waals surface area contributed by atoms with E-state index in [1.165, 1.54) is 12.8 Å². The Bertz CT molecular complexity index is 490. The van der Waals surface area contributed by atoms with Crippen molar-refractivity contribution in [2.24, 2.45) is 0 Å². The minimum atomic E-state index is -0.0638. The normalized spacial score (nSPS) is 21.9. The fourth-order valence-corrected chi connectivity index (χ4v) is 3.56. The molecule has 0 radical (unpaired) electrons. The molecule has 6 heteroatoms. The van der Waals surface area contributed by atoms with Gasteiger partial charge >= 0.3 is 0 Å². The number of halogens is 1. The number of pyridine rings is 1. The Balaban J connectivity index is 1.97. The summed E-state index contributed by atoms with van der Waals surface area (Å²) in [7, 11) is 0. The van der Waals surface area contributed by atoms with Crippen LogP contribution in [0.5, 0.6) is 0 Å². The third-order valence-corrected chi connectivity index (χ3v) is 5.09. The number of carbonyl (C=O) groups is 1. The summed E-state index contributed by atoms with van der Waals surface area (Å²) >= 11 is 7.90. The number of hydrogen-bond acceptors (Lipinski definition) is 4. The molecule has 1 saturated carbocycles. The van der Waals surface area contributed by atoms with Crippen LogP contribution in [0.3, 0.4) is 0 Å². The fourth-order valence-electron chi connectivity index (χ4n) is 2.61. The lowest BCUT2D eigenvalue weighted by molar-refractivity contribution is 0.0928. The zero-order valence-corrected chi connectivity index (χ0v) is 14.1. The zero-order chi connectivity index (χ0) is 15.2. The summed E-state index contributed by atoms with van der Waals surface area (Å²) in [6, 6.07) is 3.64. The van der Waals surface area contributed by atoms with Crippen molar-refractivity contribution in [2.45, 2.75) is 43.9 Å². The number of nitrogens with zero attached hydrogens (tertiary/aromatic N) is 1. The molecule has 0 aromatic carbocycles. The summed E-state index contributed by atoms with van der Waals surface area (Å²) in [5.74, 6) is 0.576. The van der Waals surface area contributed by atoms with Gasteiger partial charge in [0.1, 0.15) is 11.0 Å². The molecule has 0 spiro atoms. The number of carbonyl (C=O) groups excluding carboxylic acids is 1. The minimum Gasteiger partial charge on any atom is -0.370 e. The number of hydrogen-bond donors (Lipinski definition) is 2. The maximum Gasteiger partial charge on any atom is 0.251 e. The van der Waals surface area contributed by atoms with Gasteiger partial charge in [0, 0.05) is 23.4 Å². The third kappa shape index (κ3) is 4.78. The van der Waals surface area contributed by atoms with E-state index in [-0.39, 0.29) is 11.9 Å². The first-order valence-electron chi connectivity index (χ1n) is 7.37. The highest BCUT2D eigenvalue weighted by molar-refractivity contribution is 7.99. The van der Waals surface area contributed by atoms with E-state index in [9.17, 15) is 4.79 Å². The molecule has 1 amide bonds. The van der Waals surface area contributed by atoms with Crippen molar-refractivity contribution in [2.75, 3.05) is 18.1 Å². The van der Waals surface area contributed by atoms with Crippen LogP contribution in [0.4, 0.5) is 5.82 Å². The molecule has 0 aliphatic heterocycles. The van der Waals surface area contributed by atoms with Crippen LogP contribution in [0.2, 0.25) is 5.15 Å². The average molecular weight is 328 g/mol. The van der Waals surface area contributed by atoms with Crippen LogP contribution >= 0.6 is 23.4 Å². The Morgan fingerprint density at radius 3 is 2.71 bits per heavy atom. The van der Waals surface area contributed by atoms with Crippen LogP contribution < -0.4 is 10.6 Å². The number of amides is 1. The second-order valence-electron chi connectivity index (χ2n) is 5.28. The van der Waals surface area contributed by atoms with Crippen LogP contribution in [0.1, 0.15) is 43.0 Å². The maximum absolute atomic E-state index is 12.3. The first-order chi connectivity index (χ1) is 10.1. The number of aromatic nitrogens is 1. The van der Waals surface area contributed by atoms with Gasteiger partial charge in [-0.3, -0.25) is 4.79 Å². The lowest BCUT2D eigenvalue weighted by atomic mass is 9.95. The summed E-state index contributed by atoms with van der Waals surface area (Å²) in [6.07, 6.45) is 6.61. The van der Waals surface area contributed by atoms with E-state index < -0.39 is 0 Å². The van der Waals surface area contributed by atoms with Gasteiger partial charge in [-0.1, -0.05) is 11.6 Å². The van der Waals surface area contributed by atoms with E-state index in [4.69, 9.17) is 11.6 Å². The van der Waals surface area contributed by atoms with Crippen molar-refractivity contribution in [1.29, 1.82) is 0 Å².